The number of rotatable bonds is 7. The maximum Gasteiger partial charge on any atom is 0.329 e. The molecule has 1 aliphatic carbocycles. The van der Waals surface area contributed by atoms with Crippen molar-refractivity contribution in [3.63, 3.8) is 0 Å². The number of hydrogen-bond donors (Lipinski definition) is 2. The summed E-state index contributed by atoms with van der Waals surface area (Å²) in [5.41, 5.74) is 1.27. The Hall–Kier alpha value is -4.26. The predicted molar refractivity (Wildman–Crippen MR) is 256 cm³/mol. The number of piperidine rings is 1. The number of ketones is 3. The predicted octanol–water partition coefficient (Wildman–Crippen LogP) is 6.05. The van der Waals surface area contributed by atoms with Crippen LogP contribution in [0.15, 0.2) is 53.9 Å². The average Bonchev–Trinajstić information content (AvgIpc) is 3.88. The van der Waals surface area contributed by atoms with Gasteiger partial charge in [-0.05, 0) is 117 Å². The second-order valence-corrected chi connectivity index (χ2v) is 20.4. The van der Waals surface area contributed by atoms with Crippen molar-refractivity contribution in [3.8, 4) is 0 Å². The number of tetrazole rings is 1. The van der Waals surface area contributed by atoms with Crippen LogP contribution in [0.5, 0.6) is 0 Å². The zero-order valence-electron chi connectivity index (χ0n) is 42.5. The van der Waals surface area contributed by atoms with Gasteiger partial charge in [-0.3, -0.25) is 19.2 Å². The summed E-state index contributed by atoms with van der Waals surface area (Å²) in [6, 6.07) is -1.19. The highest BCUT2D eigenvalue weighted by atomic mass is 16.6. The SMILES string of the molecule is CO[C@H]1C[C@@H]2CC[C@@H](C)[C@@](O)(O2)C(=O)C(=O)N2CCCC[C@H]2C(=O)O[C@H]([C@H](C)C[C@@H]2CC[C@H](n3cnnn3)[C@H](OC)C2)CC(=O)[C@H](C)/C=C(\C)[C@@H](O)[C@@H](OC)C(=O)[C@@H](C)C[C@H](C)/C=C/C=CC=C1C. The summed E-state index contributed by atoms with van der Waals surface area (Å²) in [5, 5.41) is 35.2. The summed E-state index contributed by atoms with van der Waals surface area (Å²) in [4.78, 5) is 72.3. The van der Waals surface area contributed by atoms with Crippen LogP contribution in [0.25, 0.3) is 0 Å². The maximum absolute atomic E-state index is 14.5. The number of ether oxygens (including phenoxy) is 5. The van der Waals surface area contributed by atoms with E-state index in [9.17, 15) is 34.2 Å². The van der Waals surface area contributed by atoms with Crippen molar-refractivity contribution in [3.05, 3.63) is 53.9 Å². The second-order valence-electron chi connectivity index (χ2n) is 20.4. The molecule has 3 fully saturated rings. The van der Waals surface area contributed by atoms with Crippen molar-refractivity contribution < 1.29 is 57.9 Å². The normalized spacial score (nSPS) is 37.5. The van der Waals surface area contributed by atoms with E-state index in [1.165, 1.54) is 12.0 Å². The number of carbonyl (C=O) groups is 5. The van der Waals surface area contributed by atoms with Crippen LogP contribution in [0, 0.1) is 35.5 Å². The fraction of sp³-hybridized carbons (Fsp3) is 0.731. The highest BCUT2D eigenvalue weighted by Crippen LogP contribution is 2.39. The summed E-state index contributed by atoms with van der Waals surface area (Å²) in [6.07, 6.45) is 13.9. The van der Waals surface area contributed by atoms with Crippen molar-refractivity contribution in [2.45, 2.75) is 180 Å². The highest BCUT2D eigenvalue weighted by Gasteiger charge is 2.53. The summed E-state index contributed by atoms with van der Waals surface area (Å²) >= 11 is 0. The molecule has 0 spiro atoms. The number of methoxy groups -OCH3 is 3. The van der Waals surface area contributed by atoms with Gasteiger partial charge in [-0.15, -0.1) is 5.10 Å². The molecule has 0 radical (unpaired) electrons. The van der Waals surface area contributed by atoms with E-state index >= 15 is 0 Å². The molecule has 0 unspecified atom stereocenters. The standard InChI is InChI=1S/C52H79N5O12/c1-31-16-12-11-13-17-32(2)43(65-8)28-39-21-19-37(7)52(64,69-39)49(61)50(62)56-23-15-14-18-41(56)51(63)68-44(34(4)26-38-20-22-40(45(27-38)66-9)57-30-53-54-55-57)29-42(58)33(3)25-36(6)47(60)48(67-10)46(59)35(5)24-31/h11-13,16-17,25,30-31,33-35,37-41,43-45,47-48,60,64H,14-15,18-24,26-29H2,1-10H3/b13-11?,16-12+,32-17?,36-25+/t31-,33-,34-,35+,37-,38+,39+,40+,41+,43+,44+,45-,47-,48+,52-/m1/s1. The number of carbonyl (C=O) groups excluding carboxylic acids is 5. The third kappa shape index (κ3) is 14.2. The molecule has 1 aromatic heterocycles. The van der Waals surface area contributed by atoms with Gasteiger partial charge in [0.05, 0.1) is 24.4 Å². The molecule has 384 valence electrons. The molecule has 2 saturated heterocycles. The first-order valence-electron chi connectivity index (χ1n) is 25.0. The molecule has 3 aliphatic heterocycles. The first-order chi connectivity index (χ1) is 32.8. The van der Waals surface area contributed by atoms with Crippen molar-refractivity contribution in [1.82, 2.24) is 25.1 Å². The molecular formula is C52H79N5O12. The first-order valence-corrected chi connectivity index (χ1v) is 25.0. The molecule has 1 aromatic rings. The van der Waals surface area contributed by atoms with Crippen molar-refractivity contribution in [1.29, 1.82) is 0 Å². The number of nitrogens with zero attached hydrogens (tertiary/aromatic N) is 5. The van der Waals surface area contributed by atoms with Gasteiger partial charge in [0.15, 0.2) is 5.78 Å². The molecule has 69 heavy (non-hydrogen) atoms. The Morgan fingerprint density at radius 1 is 0.884 bits per heavy atom. The second kappa shape index (κ2) is 25.7. The molecule has 4 heterocycles. The Morgan fingerprint density at radius 3 is 2.32 bits per heavy atom. The third-order valence-electron chi connectivity index (χ3n) is 15.2. The number of hydrogen-bond acceptors (Lipinski definition) is 15. The number of aliphatic hydroxyl groups excluding tert-OH is 1. The van der Waals surface area contributed by atoms with E-state index < -0.39 is 77.8 Å². The number of cyclic esters (lactones) is 1. The molecule has 1 saturated carbocycles. The number of esters is 1. The van der Waals surface area contributed by atoms with Gasteiger partial charge in [-0.25, -0.2) is 9.48 Å². The van der Waals surface area contributed by atoms with Gasteiger partial charge in [0.1, 0.15) is 36.5 Å². The number of amides is 1. The van der Waals surface area contributed by atoms with E-state index in [-0.39, 0.29) is 60.9 Å². The fourth-order valence-electron chi connectivity index (χ4n) is 10.7. The summed E-state index contributed by atoms with van der Waals surface area (Å²) in [7, 11) is 4.62. The van der Waals surface area contributed by atoms with Crippen LogP contribution in [0.2, 0.25) is 0 Å². The Kier molecular flexibility index (Phi) is 20.8. The van der Waals surface area contributed by atoms with E-state index in [0.29, 0.717) is 56.9 Å². The van der Waals surface area contributed by atoms with Crippen LogP contribution in [0.4, 0.5) is 0 Å². The summed E-state index contributed by atoms with van der Waals surface area (Å²) in [5.74, 6) is -7.92. The molecule has 2 N–H and O–H groups in total. The van der Waals surface area contributed by atoms with E-state index in [2.05, 4.69) is 15.5 Å². The van der Waals surface area contributed by atoms with Crippen LogP contribution < -0.4 is 0 Å². The van der Waals surface area contributed by atoms with E-state index in [0.717, 1.165) is 18.4 Å². The topological polar surface area (TPSA) is 219 Å². The zero-order valence-corrected chi connectivity index (χ0v) is 42.5. The molecule has 5 rings (SSSR count). The number of aromatic nitrogens is 4. The van der Waals surface area contributed by atoms with Gasteiger partial charge in [0.25, 0.3) is 11.7 Å². The molecule has 17 heteroatoms. The lowest BCUT2D eigenvalue weighted by Crippen LogP contribution is -2.61. The smallest absolute Gasteiger partial charge is 0.329 e. The average molecular weight is 966 g/mol. The van der Waals surface area contributed by atoms with E-state index in [4.69, 9.17) is 23.7 Å². The minimum atomic E-state index is -2.43. The number of aliphatic hydroxyl groups is 2. The van der Waals surface area contributed by atoms with Gasteiger partial charge in [-0.2, -0.15) is 0 Å². The lowest BCUT2D eigenvalue weighted by molar-refractivity contribution is -0.265. The Bertz CT molecular complexity index is 2020. The summed E-state index contributed by atoms with van der Waals surface area (Å²) in [6.45, 7) is 12.8. The van der Waals surface area contributed by atoms with Crippen molar-refractivity contribution in [2.24, 2.45) is 35.5 Å². The molecule has 4 aliphatic rings. The van der Waals surface area contributed by atoms with Crippen LogP contribution >= 0.6 is 0 Å². The molecular weight excluding hydrogens is 887 g/mol. The minimum Gasteiger partial charge on any atom is -0.460 e. The van der Waals surface area contributed by atoms with Crippen molar-refractivity contribution in [2.75, 3.05) is 27.9 Å². The number of Topliss-reactive ketones (excluding diaryl/α,β-unsaturated/α-hetero) is 3. The van der Waals surface area contributed by atoms with Crippen molar-refractivity contribution >= 4 is 29.2 Å². The Balaban J connectivity index is 1.46. The van der Waals surface area contributed by atoms with Gasteiger partial charge < -0.3 is 38.8 Å². The van der Waals surface area contributed by atoms with Crippen LogP contribution in [-0.2, 0) is 47.7 Å². The molecule has 1 amide bonds. The highest BCUT2D eigenvalue weighted by molar-refractivity contribution is 6.39. The van der Waals surface area contributed by atoms with Gasteiger partial charge in [0, 0.05) is 58.5 Å². The monoisotopic (exact) mass is 966 g/mol. The fourth-order valence-corrected chi connectivity index (χ4v) is 10.7. The molecule has 0 aromatic carbocycles. The quantitative estimate of drug-likeness (QED) is 0.181. The molecule has 2 bridgehead atoms. The zero-order chi connectivity index (χ0) is 50.6. The van der Waals surface area contributed by atoms with Crippen LogP contribution in [0.1, 0.15) is 132 Å². The van der Waals surface area contributed by atoms with E-state index in [1.54, 1.807) is 52.1 Å². The Morgan fingerprint density at radius 2 is 1.64 bits per heavy atom. The van der Waals surface area contributed by atoms with Gasteiger partial charge in [0.2, 0.25) is 5.79 Å². The van der Waals surface area contributed by atoms with Gasteiger partial charge >= 0.3 is 5.97 Å². The summed E-state index contributed by atoms with van der Waals surface area (Å²) < 4.78 is 31.6. The van der Waals surface area contributed by atoms with Crippen LogP contribution in [0.3, 0.4) is 0 Å². The van der Waals surface area contributed by atoms with E-state index in [1.807, 2.05) is 58.1 Å². The lowest BCUT2D eigenvalue weighted by Gasteiger charge is -2.42. The minimum absolute atomic E-state index is 0.0170. The number of allylic oxidation sites excluding steroid dienone is 6. The maximum atomic E-state index is 14.5. The largest absolute Gasteiger partial charge is 0.460 e. The van der Waals surface area contributed by atoms with Crippen LogP contribution in [-0.4, -0.2) is 141 Å². The first kappa shape index (κ1) is 55.7. The number of fused-ring (bicyclic) bond motifs is 3. The molecule has 15 atom stereocenters. The molecule has 17 nitrogen and oxygen atoms in total. The lowest BCUT2D eigenvalue weighted by atomic mass is 9.77. The third-order valence-corrected chi connectivity index (χ3v) is 15.2. The Labute approximate surface area is 408 Å². The van der Waals surface area contributed by atoms with Gasteiger partial charge in [-0.1, -0.05) is 71.1 Å².